The van der Waals surface area contributed by atoms with E-state index in [1.807, 2.05) is 13.8 Å². The van der Waals surface area contributed by atoms with Crippen molar-refractivity contribution >= 4 is 21.4 Å². The third-order valence-corrected chi connectivity index (χ3v) is 6.93. The first-order valence-electron chi connectivity index (χ1n) is 8.03. The number of piperidine rings is 1. The Balaban J connectivity index is 1.78. The van der Waals surface area contributed by atoms with Crippen LogP contribution < -0.4 is 4.74 Å². The molecule has 0 aliphatic carbocycles. The van der Waals surface area contributed by atoms with Gasteiger partial charge in [0.05, 0.1) is 11.5 Å². The monoisotopic (exact) mass is 367 g/mol. The van der Waals surface area contributed by atoms with E-state index in [0.29, 0.717) is 30.3 Å². The number of hydrogen-bond acceptors (Lipinski definition) is 6. The maximum absolute atomic E-state index is 12.9. The Morgan fingerprint density at radius 1 is 1.29 bits per heavy atom. The standard InChI is InChI=1S/C16H21N3O3S2/c1-3-22-14-6-8-15(9-7-14)24(20,21)19-10-4-5-13(11-19)16-18-17-12(2)23-16/h6-9,13H,3-5,10-11H2,1-2H3. The topological polar surface area (TPSA) is 72.4 Å². The summed E-state index contributed by atoms with van der Waals surface area (Å²) in [6, 6.07) is 6.62. The first-order valence-corrected chi connectivity index (χ1v) is 10.3. The van der Waals surface area contributed by atoms with Crippen LogP contribution >= 0.6 is 11.3 Å². The minimum Gasteiger partial charge on any atom is -0.494 e. The maximum Gasteiger partial charge on any atom is 0.243 e. The lowest BCUT2D eigenvalue weighted by Crippen LogP contribution is -2.39. The molecule has 2 aromatic rings. The van der Waals surface area contributed by atoms with Gasteiger partial charge in [0.2, 0.25) is 10.0 Å². The maximum atomic E-state index is 12.9. The van der Waals surface area contributed by atoms with E-state index in [-0.39, 0.29) is 5.92 Å². The van der Waals surface area contributed by atoms with E-state index < -0.39 is 10.0 Å². The molecular weight excluding hydrogens is 346 g/mol. The molecule has 0 saturated carbocycles. The summed E-state index contributed by atoms with van der Waals surface area (Å²) in [4.78, 5) is 0.306. The zero-order valence-corrected chi connectivity index (χ0v) is 15.4. The lowest BCUT2D eigenvalue weighted by molar-refractivity contribution is 0.314. The Kier molecular flexibility index (Phi) is 5.17. The van der Waals surface area contributed by atoms with Crippen molar-refractivity contribution in [3.8, 4) is 5.75 Å². The average molecular weight is 367 g/mol. The van der Waals surface area contributed by atoms with Gasteiger partial charge >= 0.3 is 0 Å². The fourth-order valence-corrected chi connectivity index (χ4v) is 5.21. The van der Waals surface area contributed by atoms with E-state index >= 15 is 0 Å². The highest BCUT2D eigenvalue weighted by atomic mass is 32.2. The quantitative estimate of drug-likeness (QED) is 0.812. The average Bonchev–Trinajstić information content (AvgIpc) is 3.02. The third-order valence-electron chi connectivity index (χ3n) is 4.05. The van der Waals surface area contributed by atoms with Crippen LogP contribution in [0.2, 0.25) is 0 Å². The molecule has 1 fully saturated rings. The minimum atomic E-state index is -3.49. The molecule has 0 amide bonds. The van der Waals surface area contributed by atoms with E-state index in [0.717, 1.165) is 22.9 Å². The van der Waals surface area contributed by atoms with Crippen molar-refractivity contribution in [3.05, 3.63) is 34.3 Å². The predicted molar refractivity (Wildman–Crippen MR) is 93.0 cm³/mol. The molecule has 1 aromatic carbocycles. The lowest BCUT2D eigenvalue weighted by Gasteiger charge is -2.30. The number of ether oxygens (including phenoxy) is 1. The van der Waals surface area contributed by atoms with Crippen LogP contribution in [0.25, 0.3) is 0 Å². The van der Waals surface area contributed by atoms with Crippen LogP contribution in [0.1, 0.15) is 35.7 Å². The number of rotatable bonds is 5. The summed E-state index contributed by atoms with van der Waals surface area (Å²) in [7, 11) is -3.49. The van der Waals surface area contributed by atoms with E-state index in [1.165, 1.54) is 0 Å². The first kappa shape index (κ1) is 17.3. The number of benzene rings is 1. The Morgan fingerprint density at radius 3 is 2.67 bits per heavy atom. The fraction of sp³-hybridized carbons (Fsp3) is 0.500. The molecule has 2 heterocycles. The van der Waals surface area contributed by atoms with Crippen LogP contribution in [-0.4, -0.2) is 42.6 Å². The summed E-state index contributed by atoms with van der Waals surface area (Å²) >= 11 is 1.55. The van der Waals surface area contributed by atoms with Crippen molar-refractivity contribution in [2.45, 2.75) is 37.5 Å². The van der Waals surface area contributed by atoms with Gasteiger partial charge in [0.15, 0.2) is 0 Å². The van der Waals surface area contributed by atoms with E-state index in [2.05, 4.69) is 10.2 Å². The molecule has 0 N–H and O–H groups in total. The van der Waals surface area contributed by atoms with Crippen LogP contribution in [0.5, 0.6) is 5.75 Å². The second-order valence-electron chi connectivity index (χ2n) is 5.77. The molecule has 1 aliphatic rings. The molecule has 1 saturated heterocycles. The molecule has 1 atom stereocenters. The normalized spacial score (nSPS) is 19.3. The van der Waals surface area contributed by atoms with Crippen molar-refractivity contribution < 1.29 is 13.2 Å². The van der Waals surface area contributed by atoms with Gasteiger partial charge in [-0.15, -0.1) is 21.5 Å². The molecule has 24 heavy (non-hydrogen) atoms. The number of sulfonamides is 1. The highest BCUT2D eigenvalue weighted by Gasteiger charge is 2.32. The number of nitrogens with zero attached hydrogens (tertiary/aromatic N) is 3. The van der Waals surface area contributed by atoms with Gasteiger partial charge in [0.25, 0.3) is 0 Å². The predicted octanol–water partition coefficient (Wildman–Crippen LogP) is 2.81. The van der Waals surface area contributed by atoms with Gasteiger partial charge < -0.3 is 4.74 Å². The highest BCUT2D eigenvalue weighted by molar-refractivity contribution is 7.89. The Bertz CT molecular complexity index is 787. The van der Waals surface area contributed by atoms with Crippen LogP contribution in [0.4, 0.5) is 0 Å². The summed E-state index contributed by atoms with van der Waals surface area (Å²) in [5, 5.41) is 10.1. The summed E-state index contributed by atoms with van der Waals surface area (Å²) < 4.78 is 32.7. The third kappa shape index (κ3) is 3.60. The molecule has 130 valence electrons. The van der Waals surface area contributed by atoms with Gasteiger partial charge in [-0.1, -0.05) is 0 Å². The zero-order valence-electron chi connectivity index (χ0n) is 13.8. The van der Waals surface area contributed by atoms with Crippen molar-refractivity contribution in [3.63, 3.8) is 0 Å². The second-order valence-corrected chi connectivity index (χ2v) is 8.92. The minimum absolute atomic E-state index is 0.127. The Morgan fingerprint density at radius 2 is 2.04 bits per heavy atom. The van der Waals surface area contributed by atoms with Gasteiger partial charge in [-0.25, -0.2) is 8.42 Å². The molecular formula is C16H21N3O3S2. The van der Waals surface area contributed by atoms with Crippen molar-refractivity contribution in [2.75, 3.05) is 19.7 Å². The van der Waals surface area contributed by atoms with Crippen molar-refractivity contribution in [1.29, 1.82) is 0 Å². The van der Waals surface area contributed by atoms with Crippen LogP contribution in [0.15, 0.2) is 29.2 Å². The largest absolute Gasteiger partial charge is 0.494 e. The highest BCUT2D eigenvalue weighted by Crippen LogP contribution is 2.32. The van der Waals surface area contributed by atoms with Crippen molar-refractivity contribution in [2.24, 2.45) is 0 Å². The van der Waals surface area contributed by atoms with Crippen LogP contribution in [0.3, 0.4) is 0 Å². The molecule has 1 aliphatic heterocycles. The van der Waals surface area contributed by atoms with Gasteiger partial charge in [-0.2, -0.15) is 4.31 Å². The number of hydrogen-bond donors (Lipinski definition) is 0. The smallest absolute Gasteiger partial charge is 0.243 e. The molecule has 1 aromatic heterocycles. The van der Waals surface area contributed by atoms with Crippen LogP contribution in [0, 0.1) is 6.92 Å². The molecule has 6 nitrogen and oxygen atoms in total. The van der Waals surface area contributed by atoms with Gasteiger partial charge in [-0.3, -0.25) is 0 Å². The van der Waals surface area contributed by atoms with Gasteiger partial charge in [-0.05, 0) is 51.0 Å². The first-order chi connectivity index (χ1) is 11.5. The summed E-state index contributed by atoms with van der Waals surface area (Å²) in [5.41, 5.74) is 0. The van der Waals surface area contributed by atoms with Crippen LogP contribution in [-0.2, 0) is 10.0 Å². The van der Waals surface area contributed by atoms with Gasteiger partial charge in [0.1, 0.15) is 15.8 Å². The number of aryl methyl sites for hydroxylation is 1. The molecule has 8 heteroatoms. The fourth-order valence-electron chi connectivity index (χ4n) is 2.86. The number of aromatic nitrogens is 2. The SMILES string of the molecule is CCOc1ccc(S(=O)(=O)N2CCCC(c3nnc(C)s3)C2)cc1. The molecule has 0 bridgehead atoms. The van der Waals surface area contributed by atoms with Gasteiger partial charge in [0, 0.05) is 19.0 Å². The van der Waals surface area contributed by atoms with E-state index in [1.54, 1.807) is 39.9 Å². The molecule has 3 rings (SSSR count). The second kappa shape index (κ2) is 7.16. The zero-order chi connectivity index (χ0) is 17.2. The van der Waals surface area contributed by atoms with Crippen molar-refractivity contribution in [1.82, 2.24) is 14.5 Å². The molecule has 0 radical (unpaired) electrons. The summed E-state index contributed by atoms with van der Waals surface area (Å²) in [6.45, 7) is 5.38. The Labute approximate surface area is 146 Å². The van der Waals surface area contributed by atoms with E-state index in [4.69, 9.17) is 4.74 Å². The van der Waals surface area contributed by atoms with E-state index in [9.17, 15) is 8.42 Å². The summed E-state index contributed by atoms with van der Waals surface area (Å²) in [5.74, 6) is 0.805. The molecule has 0 spiro atoms. The summed E-state index contributed by atoms with van der Waals surface area (Å²) in [6.07, 6.45) is 1.78. The lowest BCUT2D eigenvalue weighted by atomic mass is 10.0. The molecule has 1 unspecified atom stereocenters. The Hall–Kier alpha value is -1.51.